The van der Waals surface area contributed by atoms with Crippen LogP contribution in [0.5, 0.6) is 0 Å². The fraction of sp³-hybridized carbons (Fsp3) is 0.115. The minimum absolute atomic E-state index is 0.0447. The van der Waals surface area contributed by atoms with Crippen LogP contribution in [0.4, 0.5) is 0 Å². The summed E-state index contributed by atoms with van der Waals surface area (Å²) in [6, 6.07) is 18.1. The summed E-state index contributed by atoms with van der Waals surface area (Å²) >= 11 is 6.33. The zero-order valence-corrected chi connectivity index (χ0v) is 19.2. The van der Waals surface area contributed by atoms with E-state index in [0.717, 1.165) is 5.56 Å². The van der Waals surface area contributed by atoms with Crippen molar-refractivity contribution in [2.24, 2.45) is 4.99 Å². The molecule has 0 aliphatic carbocycles. The van der Waals surface area contributed by atoms with Gasteiger partial charge in [-0.3, -0.25) is 19.7 Å². The van der Waals surface area contributed by atoms with Crippen LogP contribution in [0.1, 0.15) is 11.3 Å². The smallest absolute Gasteiger partial charge is 0.281 e. The van der Waals surface area contributed by atoms with Gasteiger partial charge in [-0.05, 0) is 30.0 Å². The minimum Gasteiger partial charge on any atom is -0.371 e. The molecule has 34 heavy (non-hydrogen) atoms. The third-order valence-corrected chi connectivity index (χ3v) is 5.69. The highest BCUT2D eigenvalue weighted by molar-refractivity contribution is 6.32. The van der Waals surface area contributed by atoms with Crippen molar-refractivity contribution >= 4 is 29.2 Å². The Hall–Kier alpha value is -3.94. The predicted molar refractivity (Wildman–Crippen MR) is 136 cm³/mol. The van der Waals surface area contributed by atoms with Crippen LogP contribution in [0.25, 0.3) is 16.6 Å². The number of aromatic nitrogens is 3. The summed E-state index contributed by atoms with van der Waals surface area (Å²) in [5.74, 6) is 0. The first-order chi connectivity index (χ1) is 16.5. The highest BCUT2D eigenvalue weighted by atomic mass is 35.5. The lowest BCUT2D eigenvalue weighted by atomic mass is 10.2. The summed E-state index contributed by atoms with van der Waals surface area (Å²) in [5, 5.41) is 3.77. The molecule has 0 fully saturated rings. The largest absolute Gasteiger partial charge is 0.371 e. The van der Waals surface area contributed by atoms with Gasteiger partial charge in [0.05, 0.1) is 47.1 Å². The molecule has 172 valence electrons. The molecule has 8 heteroatoms. The van der Waals surface area contributed by atoms with Crippen LogP contribution < -0.4 is 11.1 Å². The van der Waals surface area contributed by atoms with Gasteiger partial charge >= 0.3 is 0 Å². The monoisotopic (exact) mass is 474 g/mol. The molecule has 1 N–H and O–H groups in total. The Morgan fingerprint density at radius 1 is 1.09 bits per heavy atom. The number of nitrogens with zero attached hydrogens (tertiary/aromatic N) is 3. The second-order valence-electron chi connectivity index (χ2n) is 7.58. The lowest BCUT2D eigenvalue weighted by Crippen LogP contribution is -2.26. The maximum atomic E-state index is 13.5. The van der Waals surface area contributed by atoms with E-state index < -0.39 is 0 Å². The van der Waals surface area contributed by atoms with Gasteiger partial charge in [0.1, 0.15) is 0 Å². The number of halogens is 1. The maximum absolute atomic E-state index is 13.5. The zero-order valence-electron chi connectivity index (χ0n) is 18.4. The topological polar surface area (TPSA) is 81.4 Å². The molecule has 0 aliphatic heterocycles. The number of hydrogen-bond acceptors (Lipinski definition) is 4. The Morgan fingerprint density at radius 3 is 2.53 bits per heavy atom. The second kappa shape index (κ2) is 10.3. The predicted octanol–water partition coefficient (Wildman–Crippen LogP) is 4.62. The first kappa shape index (κ1) is 23.2. The number of allylic oxidation sites excluding steroid dienone is 2. The lowest BCUT2D eigenvalue weighted by Gasteiger charge is -2.14. The van der Waals surface area contributed by atoms with Crippen LogP contribution in [-0.4, -0.2) is 21.1 Å². The fourth-order valence-electron chi connectivity index (χ4n) is 3.73. The van der Waals surface area contributed by atoms with E-state index in [-0.39, 0.29) is 24.3 Å². The summed E-state index contributed by atoms with van der Waals surface area (Å²) in [4.78, 5) is 30.4. The number of nitrogens with one attached hydrogen (secondary N) is 1. The molecule has 0 amide bonds. The molecule has 4 rings (SSSR count). The van der Waals surface area contributed by atoms with Gasteiger partial charge in [-0.15, -0.1) is 0 Å². The minimum atomic E-state index is -0.332. The molecule has 7 nitrogen and oxygen atoms in total. The van der Waals surface area contributed by atoms with Crippen LogP contribution in [0.2, 0.25) is 5.02 Å². The molecule has 0 radical (unpaired) electrons. The Kier molecular flexibility index (Phi) is 7.06. The fourth-order valence-corrected chi connectivity index (χ4v) is 3.95. The molecule has 0 spiro atoms. The van der Waals surface area contributed by atoms with Gasteiger partial charge in [0, 0.05) is 12.3 Å². The molecular weight excluding hydrogens is 452 g/mol. The first-order valence-electron chi connectivity index (χ1n) is 10.5. The van der Waals surface area contributed by atoms with E-state index in [1.54, 1.807) is 30.3 Å². The SMILES string of the molecule is C=C/C(=C\N=C)Cn1c(COCc2ccccc2)c2c(=O)n(-c3ccccc3Cl)[nH]c2cc1=O. The molecule has 0 atom stereocenters. The third kappa shape index (κ3) is 4.71. The number of benzene rings is 2. The van der Waals surface area contributed by atoms with E-state index >= 15 is 0 Å². The lowest BCUT2D eigenvalue weighted by molar-refractivity contribution is 0.103. The van der Waals surface area contributed by atoms with Crippen molar-refractivity contribution < 1.29 is 4.74 Å². The van der Waals surface area contributed by atoms with Gasteiger partial charge in [0.2, 0.25) is 0 Å². The highest BCUT2D eigenvalue weighted by Gasteiger charge is 2.19. The van der Waals surface area contributed by atoms with Crippen LogP contribution in [0.15, 0.2) is 99.7 Å². The molecule has 0 aliphatic rings. The van der Waals surface area contributed by atoms with Crippen LogP contribution in [0.3, 0.4) is 0 Å². The average molecular weight is 475 g/mol. The zero-order chi connectivity index (χ0) is 24.1. The molecule has 0 saturated carbocycles. The van der Waals surface area contributed by atoms with E-state index in [2.05, 4.69) is 23.4 Å². The molecule has 4 aromatic rings. The number of fused-ring (bicyclic) bond motifs is 1. The van der Waals surface area contributed by atoms with E-state index in [1.807, 2.05) is 30.3 Å². The third-order valence-electron chi connectivity index (χ3n) is 5.37. The van der Waals surface area contributed by atoms with E-state index in [1.165, 1.54) is 21.5 Å². The van der Waals surface area contributed by atoms with E-state index in [9.17, 15) is 9.59 Å². The van der Waals surface area contributed by atoms with Crippen LogP contribution >= 0.6 is 11.6 Å². The number of hydrogen-bond donors (Lipinski definition) is 1. The number of rotatable bonds is 9. The van der Waals surface area contributed by atoms with E-state index in [4.69, 9.17) is 16.3 Å². The second-order valence-corrected chi connectivity index (χ2v) is 7.98. The molecule has 2 heterocycles. The average Bonchev–Trinajstić information content (AvgIpc) is 3.16. The maximum Gasteiger partial charge on any atom is 0.281 e. The Bertz CT molecular complexity index is 1500. The number of aromatic amines is 1. The number of H-pyrrole nitrogens is 1. The number of para-hydroxylation sites is 1. The van der Waals surface area contributed by atoms with E-state index in [0.29, 0.717) is 39.5 Å². The molecule has 2 aromatic heterocycles. The summed E-state index contributed by atoms with van der Waals surface area (Å²) in [5.41, 5.74) is 2.36. The van der Waals surface area contributed by atoms with Crippen LogP contribution in [0, 0.1) is 0 Å². The summed E-state index contributed by atoms with van der Waals surface area (Å²) in [7, 11) is 0. The number of ether oxygens (including phenoxy) is 1. The molecule has 0 saturated heterocycles. The van der Waals surface area contributed by atoms with Gasteiger partial charge in [-0.1, -0.05) is 66.7 Å². The van der Waals surface area contributed by atoms with Gasteiger partial charge in [0.15, 0.2) is 0 Å². The number of aliphatic imine (C=N–C) groups is 1. The quantitative estimate of drug-likeness (QED) is 0.284. The van der Waals surface area contributed by atoms with Gasteiger partial charge in [0.25, 0.3) is 11.1 Å². The van der Waals surface area contributed by atoms with Crippen LogP contribution in [-0.2, 0) is 24.5 Å². The Labute approximate surface area is 200 Å². The van der Waals surface area contributed by atoms with Crippen molar-refractivity contribution in [1.82, 2.24) is 14.3 Å². The summed E-state index contributed by atoms with van der Waals surface area (Å²) in [6.07, 6.45) is 3.12. The molecule has 0 unspecified atom stereocenters. The van der Waals surface area contributed by atoms with Gasteiger partial charge in [-0.2, -0.15) is 0 Å². The van der Waals surface area contributed by atoms with Crippen molar-refractivity contribution in [1.29, 1.82) is 0 Å². The first-order valence-corrected chi connectivity index (χ1v) is 10.9. The number of pyridine rings is 1. The van der Waals surface area contributed by atoms with Crippen molar-refractivity contribution in [3.05, 3.63) is 122 Å². The Balaban J connectivity index is 1.86. The Morgan fingerprint density at radius 2 is 1.82 bits per heavy atom. The van der Waals surface area contributed by atoms with Crippen molar-refractivity contribution in [2.75, 3.05) is 0 Å². The molecular formula is C26H23ClN4O3. The van der Waals surface area contributed by atoms with Gasteiger partial charge < -0.3 is 9.30 Å². The van der Waals surface area contributed by atoms with Crippen molar-refractivity contribution in [3.63, 3.8) is 0 Å². The standard InChI is InChI=1S/C26H23ClN4O3/c1-3-18(14-28-2)15-30-23(17-34-16-19-9-5-4-6-10-19)25-21(13-24(30)32)29-31(26(25)33)22-12-8-7-11-20(22)27/h3-14,29H,1-2,15-17H2/b18-14+. The summed E-state index contributed by atoms with van der Waals surface area (Å²) in [6.45, 7) is 7.79. The van der Waals surface area contributed by atoms with Gasteiger partial charge in [-0.25, -0.2) is 4.68 Å². The van der Waals surface area contributed by atoms with Crippen molar-refractivity contribution in [2.45, 2.75) is 19.8 Å². The normalized spacial score (nSPS) is 11.6. The molecule has 0 bridgehead atoms. The van der Waals surface area contributed by atoms with Crippen molar-refractivity contribution in [3.8, 4) is 5.69 Å². The highest BCUT2D eigenvalue weighted by Crippen LogP contribution is 2.21. The molecule has 2 aromatic carbocycles. The summed E-state index contributed by atoms with van der Waals surface area (Å²) < 4.78 is 8.79.